The van der Waals surface area contributed by atoms with Gasteiger partial charge >= 0.3 is 12.1 Å². The number of amides is 2. The number of alkyl halides is 3. The molecule has 0 saturated carbocycles. The van der Waals surface area contributed by atoms with Crippen LogP contribution in [0.3, 0.4) is 0 Å². The molecule has 41 heavy (non-hydrogen) atoms. The summed E-state index contributed by atoms with van der Waals surface area (Å²) >= 11 is 0. The van der Waals surface area contributed by atoms with Gasteiger partial charge in [-0.2, -0.15) is 13.2 Å². The molecule has 4 aromatic carbocycles. The van der Waals surface area contributed by atoms with E-state index >= 15 is 0 Å². The van der Waals surface area contributed by atoms with E-state index in [1.807, 2.05) is 0 Å². The molecule has 0 saturated heterocycles. The van der Waals surface area contributed by atoms with Crippen molar-refractivity contribution in [2.24, 2.45) is 0 Å². The van der Waals surface area contributed by atoms with Gasteiger partial charge in [0.1, 0.15) is 11.3 Å². The predicted octanol–water partition coefficient (Wildman–Crippen LogP) is 6.69. The molecule has 0 bridgehead atoms. The number of benzene rings is 4. The predicted molar refractivity (Wildman–Crippen MR) is 141 cm³/mol. The third-order valence-electron chi connectivity index (χ3n) is 6.73. The first-order valence-electron chi connectivity index (χ1n) is 12.1. The third-order valence-corrected chi connectivity index (χ3v) is 6.73. The number of carboxylic acid groups (broad SMARTS) is 1. The van der Waals surface area contributed by atoms with E-state index in [-0.39, 0.29) is 34.0 Å². The van der Waals surface area contributed by atoms with Gasteiger partial charge in [0.05, 0.1) is 35.1 Å². The highest BCUT2D eigenvalue weighted by atomic mass is 19.4. The molecule has 11 heteroatoms. The van der Waals surface area contributed by atoms with Gasteiger partial charge in [0.2, 0.25) is 5.89 Å². The van der Waals surface area contributed by atoms with Crippen molar-refractivity contribution in [3.05, 3.63) is 101 Å². The number of imide groups is 1. The lowest BCUT2D eigenvalue weighted by Crippen LogP contribution is -2.29. The van der Waals surface area contributed by atoms with E-state index in [9.17, 15) is 32.7 Å². The Hall–Kier alpha value is -5.45. The van der Waals surface area contributed by atoms with Crippen LogP contribution in [0.5, 0.6) is 5.75 Å². The number of rotatable bonds is 5. The van der Waals surface area contributed by atoms with Crippen molar-refractivity contribution in [1.29, 1.82) is 0 Å². The zero-order valence-electron chi connectivity index (χ0n) is 21.0. The number of hydrogen-bond acceptors (Lipinski definition) is 6. The fourth-order valence-corrected chi connectivity index (χ4v) is 4.67. The average molecular weight is 558 g/mol. The summed E-state index contributed by atoms with van der Waals surface area (Å²) in [5, 5.41) is 9.29. The Bertz CT molecular complexity index is 1890. The molecule has 0 aliphatic carbocycles. The Morgan fingerprint density at radius 2 is 1.54 bits per heavy atom. The number of carbonyl (C=O) groups excluding carboxylic acids is 2. The molecule has 0 unspecified atom stereocenters. The summed E-state index contributed by atoms with van der Waals surface area (Å²) in [5.41, 5.74) is 1.71. The van der Waals surface area contributed by atoms with Gasteiger partial charge in [-0.15, -0.1) is 0 Å². The van der Waals surface area contributed by atoms with Crippen LogP contribution in [0.15, 0.2) is 83.3 Å². The standard InChI is InChI=1S/C30H17F3N2O6/c1-40-25-11-6-17(14-23(25)35-27(36)20-9-4-18(29(38)39)12-21(20)28(35)37)26-34-22-13-16(5-10-24(22)41-26)15-2-7-19(8-3-15)30(31,32)33/h2-14H,1H3,(H,38,39). The average Bonchev–Trinajstić information content (AvgIpc) is 3.50. The van der Waals surface area contributed by atoms with Gasteiger partial charge in [-0.1, -0.05) is 18.2 Å². The minimum atomic E-state index is -4.44. The highest BCUT2D eigenvalue weighted by Crippen LogP contribution is 2.39. The van der Waals surface area contributed by atoms with Gasteiger partial charge in [0, 0.05) is 5.56 Å². The summed E-state index contributed by atoms with van der Waals surface area (Å²) in [6.07, 6.45) is -4.44. The Balaban J connectivity index is 1.36. The molecule has 1 aliphatic heterocycles. The summed E-state index contributed by atoms with van der Waals surface area (Å²) in [6.45, 7) is 0. The van der Waals surface area contributed by atoms with Gasteiger partial charge in [-0.25, -0.2) is 14.7 Å². The number of carbonyl (C=O) groups is 3. The maximum Gasteiger partial charge on any atom is 0.416 e. The van der Waals surface area contributed by atoms with E-state index in [0.29, 0.717) is 27.8 Å². The van der Waals surface area contributed by atoms with Crippen LogP contribution in [-0.2, 0) is 6.18 Å². The molecule has 1 N–H and O–H groups in total. The summed E-state index contributed by atoms with van der Waals surface area (Å²) in [6, 6.07) is 18.2. The van der Waals surface area contributed by atoms with E-state index in [1.54, 1.807) is 30.3 Å². The highest BCUT2D eigenvalue weighted by Gasteiger charge is 2.39. The van der Waals surface area contributed by atoms with Crippen molar-refractivity contribution in [2.75, 3.05) is 12.0 Å². The lowest BCUT2D eigenvalue weighted by Gasteiger charge is -2.18. The van der Waals surface area contributed by atoms with Crippen LogP contribution in [0.4, 0.5) is 18.9 Å². The zero-order chi connectivity index (χ0) is 29.1. The fraction of sp³-hybridized carbons (Fsp3) is 0.0667. The van der Waals surface area contributed by atoms with Crippen LogP contribution >= 0.6 is 0 Å². The van der Waals surface area contributed by atoms with E-state index in [2.05, 4.69) is 4.98 Å². The first-order valence-corrected chi connectivity index (χ1v) is 12.1. The van der Waals surface area contributed by atoms with Crippen molar-refractivity contribution in [2.45, 2.75) is 6.18 Å². The molecule has 1 aromatic heterocycles. The number of anilines is 1. The van der Waals surface area contributed by atoms with E-state index in [1.165, 1.54) is 37.4 Å². The monoisotopic (exact) mass is 558 g/mol. The Labute approximate surface area is 229 Å². The minimum absolute atomic E-state index is 0.0417. The molecule has 2 amide bonds. The molecule has 5 aromatic rings. The van der Waals surface area contributed by atoms with Crippen LogP contribution in [0.25, 0.3) is 33.7 Å². The topological polar surface area (TPSA) is 110 Å². The van der Waals surface area contributed by atoms with Crippen molar-refractivity contribution in [3.63, 3.8) is 0 Å². The first-order chi connectivity index (χ1) is 19.5. The largest absolute Gasteiger partial charge is 0.495 e. The maximum absolute atomic E-state index is 13.2. The molecule has 0 fully saturated rings. The second-order valence-corrected chi connectivity index (χ2v) is 9.17. The van der Waals surface area contributed by atoms with E-state index < -0.39 is 29.5 Å². The Kier molecular flexibility index (Phi) is 5.88. The fourth-order valence-electron chi connectivity index (χ4n) is 4.67. The second kappa shape index (κ2) is 9.33. The Morgan fingerprint density at radius 3 is 2.22 bits per heavy atom. The molecular weight excluding hydrogens is 541 g/mol. The van der Waals surface area contributed by atoms with Crippen LogP contribution in [0.1, 0.15) is 36.6 Å². The number of aromatic nitrogens is 1. The number of oxazole rings is 1. The number of fused-ring (bicyclic) bond motifs is 2. The third kappa shape index (κ3) is 4.37. The number of nitrogens with zero attached hydrogens (tertiary/aromatic N) is 2. The molecule has 0 spiro atoms. The summed E-state index contributed by atoms with van der Waals surface area (Å²) in [7, 11) is 1.38. The summed E-state index contributed by atoms with van der Waals surface area (Å²) in [5.74, 6) is -2.21. The molecule has 2 heterocycles. The molecule has 0 atom stereocenters. The Morgan fingerprint density at radius 1 is 0.854 bits per heavy atom. The SMILES string of the molecule is COc1ccc(-c2nc3cc(-c4ccc(C(F)(F)F)cc4)ccc3o2)cc1N1C(=O)c2ccc(C(=O)O)cc2C1=O. The number of aromatic carboxylic acids is 1. The van der Waals surface area contributed by atoms with Gasteiger partial charge in [0.25, 0.3) is 11.8 Å². The minimum Gasteiger partial charge on any atom is -0.495 e. The molecular formula is C30H17F3N2O6. The number of methoxy groups -OCH3 is 1. The molecule has 0 radical (unpaired) electrons. The van der Waals surface area contributed by atoms with Crippen LogP contribution in [0, 0.1) is 0 Å². The number of hydrogen-bond donors (Lipinski definition) is 1. The molecule has 204 valence electrons. The van der Waals surface area contributed by atoms with Gasteiger partial charge in [-0.05, 0) is 71.8 Å². The number of halogens is 3. The van der Waals surface area contributed by atoms with Crippen molar-refractivity contribution in [3.8, 4) is 28.3 Å². The van der Waals surface area contributed by atoms with Crippen LogP contribution in [-0.4, -0.2) is 35.0 Å². The highest BCUT2D eigenvalue weighted by molar-refractivity contribution is 6.35. The number of ether oxygens (including phenoxy) is 1. The van der Waals surface area contributed by atoms with E-state index in [4.69, 9.17) is 9.15 Å². The van der Waals surface area contributed by atoms with Gasteiger partial charge in [0.15, 0.2) is 5.58 Å². The lowest BCUT2D eigenvalue weighted by atomic mass is 10.0. The lowest BCUT2D eigenvalue weighted by molar-refractivity contribution is -0.137. The quantitative estimate of drug-likeness (QED) is 0.239. The molecule has 6 rings (SSSR count). The second-order valence-electron chi connectivity index (χ2n) is 9.17. The maximum atomic E-state index is 13.2. The normalized spacial score (nSPS) is 13.1. The smallest absolute Gasteiger partial charge is 0.416 e. The first kappa shape index (κ1) is 25.8. The van der Waals surface area contributed by atoms with Gasteiger partial charge in [-0.3, -0.25) is 9.59 Å². The van der Waals surface area contributed by atoms with E-state index in [0.717, 1.165) is 23.1 Å². The summed E-state index contributed by atoms with van der Waals surface area (Å²) in [4.78, 5) is 43.2. The van der Waals surface area contributed by atoms with Crippen LogP contribution in [0.2, 0.25) is 0 Å². The molecule has 1 aliphatic rings. The van der Waals surface area contributed by atoms with Crippen molar-refractivity contribution >= 4 is 34.6 Å². The van der Waals surface area contributed by atoms with Crippen LogP contribution < -0.4 is 9.64 Å². The number of carboxylic acids is 1. The van der Waals surface area contributed by atoms with Crippen molar-refractivity contribution in [1.82, 2.24) is 4.98 Å². The van der Waals surface area contributed by atoms with Gasteiger partial charge < -0.3 is 14.3 Å². The van der Waals surface area contributed by atoms with Crippen molar-refractivity contribution < 1.29 is 41.8 Å². The summed E-state index contributed by atoms with van der Waals surface area (Å²) < 4.78 is 50.1. The zero-order valence-corrected chi connectivity index (χ0v) is 21.0. The molecule has 8 nitrogen and oxygen atoms in total.